The molecule has 0 saturated carbocycles. The Bertz CT molecular complexity index is 451. The Balaban J connectivity index is 2.29. The average Bonchev–Trinajstić information content (AvgIpc) is 2.78. The van der Waals surface area contributed by atoms with Crippen LogP contribution in [0.1, 0.15) is 30.8 Å². The van der Waals surface area contributed by atoms with E-state index in [0.29, 0.717) is 0 Å². The van der Waals surface area contributed by atoms with Gasteiger partial charge in [-0.2, -0.15) is 5.10 Å². The van der Waals surface area contributed by atoms with E-state index in [1.807, 2.05) is 17.8 Å². The van der Waals surface area contributed by atoms with Crippen LogP contribution in [0.2, 0.25) is 0 Å². The molecule has 0 aromatic carbocycles. The maximum Gasteiger partial charge on any atom is 0.0937 e. The Morgan fingerprint density at radius 3 is 2.82 bits per heavy atom. The van der Waals surface area contributed by atoms with Crippen molar-refractivity contribution in [2.24, 2.45) is 7.05 Å². The quantitative estimate of drug-likeness (QED) is 0.842. The van der Waals surface area contributed by atoms with Crippen molar-refractivity contribution in [2.75, 3.05) is 6.54 Å². The summed E-state index contributed by atoms with van der Waals surface area (Å²) in [6.07, 6.45) is 8.07. The van der Waals surface area contributed by atoms with Crippen molar-refractivity contribution in [1.29, 1.82) is 0 Å². The Kier molecular flexibility index (Phi) is 3.82. The fourth-order valence-electron chi connectivity index (χ4n) is 1.78. The second kappa shape index (κ2) is 5.54. The van der Waals surface area contributed by atoms with Crippen molar-refractivity contribution in [2.45, 2.75) is 19.4 Å². The first kappa shape index (κ1) is 11.7. The summed E-state index contributed by atoms with van der Waals surface area (Å²) >= 11 is 0. The van der Waals surface area contributed by atoms with Crippen molar-refractivity contribution >= 4 is 0 Å². The summed E-state index contributed by atoms with van der Waals surface area (Å²) in [5.74, 6) is 0. The van der Waals surface area contributed by atoms with Crippen LogP contribution in [-0.4, -0.2) is 26.3 Å². The zero-order chi connectivity index (χ0) is 12.1. The minimum Gasteiger partial charge on any atom is -0.304 e. The molecule has 5 nitrogen and oxygen atoms in total. The van der Waals surface area contributed by atoms with Crippen LogP contribution >= 0.6 is 0 Å². The van der Waals surface area contributed by atoms with Gasteiger partial charge in [0.2, 0.25) is 0 Å². The van der Waals surface area contributed by atoms with Gasteiger partial charge in [0.05, 0.1) is 23.6 Å². The van der Waals surface area contributed by atoms with E-state index < -0.39 is 0 Å². The molecule has 2 rings (SSSR count). The molecule has 2 aromatic rings. The second-order valence-electron chi connectivity index (χ2n) is 3.90. The predicted molar refractivity (Wildman–Crippen MR) is 65.4 cm³/mol. The Morgan fingerprint density at radius 2 is 2.24 bits per heavy atom. The first-order valence-corrected chi connectivity index (χ1v) is 5.80. The van der Waals surface area contributed by atoms with E-state index in [2.05, 4.69) is 27.3 Å². The third-order valence-electron chi connectivity index (χ3n) is 2.63. The maximum absolute atomic E-state index is 4.36. The molecule has 0 saturated heterocycles. The molecule has 0 fully saturated rings. The van der Waals surface area contributed by atoms with E-state index in [0.717, 1.165) is 24.4 Å². The highest BCUT2D eigenvalue weighted by Crippen LogP contribution is 2.18. The van der Waals surface area contributed by atoms with E-state index in [4.69, 9.17) is 0 Å². The lowest BCUT2D eigenvalue weighted by Gasteiger charge is -2.17. The number of nitrogens with one attached hydrogen (secondary N) is 1. The Hall–Kier alpha value is -1.75. The van der Waals surface area contributed by atoms with Crippen molar-refractivity contribution in [3.63, 3.8) is 0 Å². The SMILES string of the molecule is CCCNC(c1cnccn1)c1ccnn1C. The average molecular weight is 231 g/mol. The van der Waals surface area contributed by atoms with Crippen molar-refractivity contribution in [3.8, 4) is 0 Å². The van der Waals surface area contributed by atoms with E-state index >= 15 is 0 Å². The van der Waals surface area contributed by atoms with Gasteiger partial charge < -0.3 is 5.32 Å². The zero-order valence-electron chi connectivity index (χ0n) is 10.2. The highest BCUT2D eigenvalue weighted by molar-refractivity contribution is 5.19. The first-order chi connectivity index (χ1) is 8.33. The molecule has 0 aliphatic carbocycles. The van der Waals surface area contributed by atoms with Crippen molar-refractivity contribution in [1.82, 2.24) is 25.1 Å². The van der Waals surface area contributed by atoms with Gasteiger partial charge in [0.15, 0.2) is 0 Å². The van der Waals surface area contributed by atoms with Crippen LogP contribution in [0.4, 0.5) is 0 Å². The van der Waals surface area contributed by atoms with Gasteiger partial charge in [-0.3, -0.25) is 14.6 Å². The number of aryl methyl sites for hydroxylation is 1. The van der Waals surface area contributed by atoms with Gasteiger partial charge in [-0.05, 0) is 19.0 Å². The van der Waals surface area contributed by atoms with Crippen molar-refractivity contribution in [3.05, 3.63) is 42.2 Å². The van der Waals surface area contributed by atoms with E-state index in [-0.39, 0.29) is 6.04 Å². The lowest BCUT2D eigenvalue weighted by molar-refractivity contribution is 0.542. The fourth-order valence-corrected chi connectivity index (χ4v) is 1.78. The summed E-state index contributed by atoms with van der Waals surface area (Å²) in [7, 11) is 1.94. The van der Waals surface area contributed by atoms with Gasteiger partial charge in [0, 0.05) is 25.6 Å². The molecule has 1 N–H and O–H groups in total. The largest absolute Gasteiger partial charge is 0.304 e. The van der Waals surface area contributed by atoms with Crippen molar-refractivity contribution < 1.29 is 0 Å². The highest BCUT2D eigenvalue weighted by Gasteiger charge is 2.17. The molecule has 0 radical (unpaired) electrons. The smallest absolute Gasteiger partial charge is 0.0937 e. The third kappa shape index (κ3) is 2.68. The number of nitrogens with zero attached hydrogens (tertiary/aromatic N) is 4. The molecule has 0 aliphatic heterocycles. The topological polar surface area (TPSA) is 55.6 Å². The molecule has 1 atom stereocenters. The normalized spacial score (nSPS) is 12.6. The predicted octanol–water partition coefficient (Wildman–Crippen LogP) is 1.30. The van der Waals surface area contributed by atoms with Gasteiger partial charge in [-0.1, -0.05) is 6.92 Å². The van der Waals surface area contributed by atoms with E-state index in [1.54, 1.807) is 24.8 Å². The van der Waals surface area contributed by atoms with E-state index in [9.17, 15) is 0 Å². The van der Waals surface area contributed by atoms with Gasteiger partial charge in [-0.15, -0.1) is 0 Å². The minimum atomic E-state index is 0.0520. The summed E-state index contributed by atoms with van der Waals surface area (Å²) in [6, 6.07) is 2.05. The molecule has 0 amide bonds. The molecule has 5 heteroatoms. The number of aromatic nitrogens is 4. The van der Waals surface area contributed by atoms with Crippen LogP contribution in [0.3, 0.4) is 0 Å². The summed E-state index contributed by atoms with van der Waals surface area (Å²) in [6.45, 7) is 3.08. The Morgan fingerprint density at radius 1 is 1.35 bits per heavy atom. The lowest BCUT2D eigenvalue weighted by Crippen LogP contribution is -2.26. The molecule has 1 unspecified atom stereocenters. The number of rotatable bonds is 5. The third-order valence-corrected chi connectivity index (χ3v) is 2.63. The molecular weight excluding hydrogens is 214 g/mol. The van der Waals surface area contributed by atoms with Gasteiger partial charge in [0.1, 0.15) is 0 Å². The summed E-state index contributed by atoms with van der Waals surface area (Å²) in [4.78, 5) is 8.48. The number of hydrogen-bond donors (Lipinski definition) is 1. The monoisotopic (exact) mass is 231 g/mol. The van der Waals surface area contributed by atoms with Crippen LogP contribution in [0, 0.1) is 0 Å². The van der Waals surface area contributed by atoms with Crippen LogP contribution in [0.25, 0.3) is 0 Å². The number of hydrogen-bond acceptors (Lipinski definition) is 4. The van der Waals surface area contributed by atoms with Crippen LogP contribution in [-0.2, 0) is 7.05 Å². The van der Waals surface area contributed by atoms with Gasteiger partial charge in [0.25, 0.3) is 0 Å². The summed E-state index contributed by atoms with van der Waals surface area (Å²) in [5.41, 5.74) is 2.02. The maximum atomic E-state index is 4.36. The molecule has 17 heavy (non-hydrogen) atoms. The zero-order valence-corrected chi connectivity index (χ0v) is 10.2. The molecule has 0 aliphatic rings. The molecule has 2 aromatic heterocycles. The summed E-state index contributed by atoms with van der Waals surface area (Å²) < 4.78 is 1.86. The molecule has 90 valence electrons. The Labute approximate surface area is 101 Å². The molecular formula is C12H17N5. The fraction of sp³-hybridized carbons (Fsp3) is 0.417. The molecule has 0 spiro atoms. The molecule has 2 heterocycles. The van der Waals surface area contributed by atoms with E-state index in [1.165, 1.54) is 0 Å². The van der Waals surface area contributed by atoms with Crippen LogP contribution < -0.4 is 5.32 Å². The highest BCUT2D eigenvalue weighted by atomic mass is 15.3. The molecule has 0 bridgehead atoms. The second-order valence-corrected chi connectivity index (χ2v) is 3.90. The van der Waals surface area contributed by atoms with Gasteiger partial charge in [-0.25, -0.2) is 0 Å². The summed E-state index contributed by atoms with van der Waals surface area (Å²) in [5, 5.41) is 7.67. The standard InChI is InChI=1S/C12H17N5/c1-3-5-15-12(10-9-13-7-8-14-10)11-4-6-16-17(11)2/h4,6-9,12,15H,3,5H2,1-2H3. The first-order valence-electron chi connectivity index (χ1n) is 5.80. The van der Waals surface area contributed by atoms with Gasteiger partial charge >= 0.3 is 0 Å². The van der Waals surface area contributed by atoms with Crippen LogP contribution in [0.5, 0.6) is 0 Å². The minimum absolute atomic E-state index is 0.0520. The lowest BCUT2D eigenvalue weighted by atomic mass is 10.1. The van der Waals surface area contributed by atoms with Crippen LogP contribution in [0.15, 0.2) is 30.9 Å².